The highest BCUT2D eigenvalue weighted by molar-refractivity contribution is 6.31. The van der Waals surface area contributed by atoms with Gasteiger partial charge >= 0.3 is 0 Å². The quantitative estimate of drug-likeness (QED) is 0.890. The molecule has 92 valence electrons. The number of fused-ring (bicyclic) bond motifs is 1. The number of hydrogen-bond donors (Lipinski definition) is 1. The second kappa shape index (κ2) is 5.07. The van der Waals surface area contributed by atoms with Crippen LogP contribution in [0.15, 0.2) is 18.2 Å². The summed E-state index contributed by atoms with van der Waals surface area (Å²) >= 11 is 5.98. The van der Waals surface area contributed by atoms with Crippen molar-refractivity contribution in [2.24, 2.45) is 5.92 Å². The number of benzene rings is 1. The summed E-state index contributed by atoms with van der Waals surface area (Å²) in [5.41, 5.74) is 2.06. The third-order valence-corrected chi connectivity index (χ3v) is 3.26. The third-order valence-electron chi connectivity index (χ3n) is 3.03. The molecule has 0 bridgehead atoms. The molecule has 3 nitrogen and oxygen atoms in total. The smallest absolute Gasteiger partial charge is 0.231 e. The van der Waals surface area contributed by atoms with Crippen LogP contribution in [0.5, 0.6) is 0 Å². The standard InChI is InChI=1S/C13H17ClN2O/c1-9(7-15-2)8-16-12-6-11(14)4-3-10(12)5-13(16)17/h3-4,6,9,15H,5,7-8H2,1-2H3. The van der Waals surface area contributed by atoms with Crippen molar-refractivity contribution in [3.05, 3.63) is 28.8 Å². The van der Waals surface area contributed by atoms with Crippen LogP contribution >= 0.6 is 11.6 Å². The summed E-state index contributed by atoms with van der Waals surface area (Å²) in [5, 5.41) is 3.81. The molecule has 1 aliphatic rings. The number of rotatable bonds is 4. The molecule has 0 aromatic heterocycles. The van der Waals surface area contributed by atoms with E-state index in [-0.39, 0.29) is 5.91 Å². The van der Waals surface area contributed by atoms with Gasteiger partial charge in [0.1, 0.15) is 0 Å². The minimum absolute atomic E-state index is 0.171. The van der Waals surface area contributed by atoms with Crippen molar-refractivity contribution in [2.45, 2.75) is 13.3 Å². The van der Waals surface area contributed by atoms with E-state index in [9.17, 15) is 4.79 Å². The highest BCUT2D eigenvalue weighted by atomic mass is 35.5. The fraction of sp³-hybridized carbons (Fsp3) is 0.462. The molecule has 1 amide bonds. The van der Waals surface area contributed by atoms with Crippen molar-refractivity contribution >= 4 is 23.2 Å². The fourth-order valence-electron chi connectivity index (χ4n) is 2.26. The number of amides is 1. The van der Waals surface area contributed by atoms with Crippen LogP contribution < -0.4 is 10.2 Å². The number of carbonyl (C=O) groups is 1. The highest BCUT2D eigenvalue weighted by Gasteiger charge is 2.28. The van der Waals surface area contributed by atoms with E-state index in [4.69, 9.17) is 11.6 Å². The molecule has 0 radical (unpaired) electrons. The van der Waals surface area contributed by atoms with E-state index in [1.54, 1.807) is 0 Å². The molecule has 0 aliphatic carbocycles. The molecule has 0 fully saturated rings. The van der Waals surface area contributed by atoms with Gasteiger partial charge in [-0.3, -0.25) is 4.79 Å². The summed E-state index contributed by atoms with van der Waals surface area (Å²) in [4.78, 5) is 13.8. The summed E-state index contributed by atoms with van der Waals surface area (Å²) in [6, 6.07) is 5.67. The maximum atomic E-state index is 11.9. The zero-order chi connectivity index (χ0) is 12.4. The van der Waals surface area contributed by atoms with Gasteiger partial charge in [0.25, 0.3) is 0 Å². The van der Waals surface area contributed by atoms with E-state index in [0.717, 1.165) is 24.3 Å². The normalized spacial score (nSPS) is 16.2. The van der Waals surface area contributed by atoms with Crippen molar-refractivity contribution in [3.63, 3.8) is 0 Å². The molecule has 1 atom stereocenters. The maximum absolute atomic E-state index is 11.9. The average Bonchev–Trinajstić information content (AvgIpc) is 2.56. The average molecular weight is 253 g/mol. The lowest BCUT2D eigenvalue weighted by molar-refractivity contribution is -0.117. The molecule has 1 aromatic carbocycles. The molecule has 1 unspecified atom stereocenters. The molecule has 1 aromatic rings. The SMILES string of the molecule is CNCC(C)CN1C(=O)Cc2ccc(Cl)cc21. The minimum Gasteiger partial charge on any atom is -0.319 e. The summed E-state index contributed by atoms with van der Waals surface area (Å²) in [6.45, 7) is 3.78. The Bertz CT molecular complexity index is 433. The van der Waals surface area contributed by atoms with Gasteiger partial charge in [-0.15, -0.1) is 0 Å². The van der Waals surface area contributed by atoms with Gasteiger partial charge in [-0.2, -0.15) is 0 Å². The first-order valence-electron chi connectivity index (χ1n) is 5.85. The van der Waals surface area contributed by atoms with Crippen molar-refractivity contribution in [1.29, 1.82) is 0 Å². The number of halogens is 1. The van der Waals surface area contributed by atoms with Crippen LogP contribution in [-0.2, 0) is 11.2 Å². The van der Waals surface area contributed by atoms with E-state index in [1.165, 1.54) is 0 Å². The zero-order valence-electron chi connectivity index (χ0n) is 10.2. The van der Waals surface area contributed by atoms with Gasteiger partial charge in [0.2, 0.25) is 5.91 Å². The Morgan fingerprint density at radius 2 is 2.29 bits per heavy atom. The second-order valence-corrected chi connectivity index (χ2v) is 5.05. The molecule has 17 heavy (non-hydrogen) atoms. The van der Waals surface area contributed by atoms with Crippen LogP contribution in [0.2, 0.25) is 5.02 Å². The Kier molecular flexibility index (Phi) is 3.69. The van der Waals surface area contributed by atoms with Crippen molar-refractivity contribution in [3.8, 4) is 0 Å². The largest absolute Gasteiger partial charge is 0.319 e. The molecule has 0 saturated heterocycles. The fourth-order valence-corrected chi connectivity index (χ4v) is 2.42. The lowest BCUT2D eigenvalue weighted by Crippen LogP contribution is -2.34. The lowest BCUT2D eigenvalue weighted by Gasteiger charge is -2.22. The van der Waals surface area contributed by atoms with Crippen molar-refractivity contribution in [1.82, 2.24) is 5.32 Å². The molecular formula is C13H17ClN2O. The Hall–Kier alpha value is -1.06. The molecule has 0 saturated carbocycles. The van der Waals surface area contributed by atoms with E-state index < -0.39 is 0 Å². The van der Waals surface area contributed by atoms with Crippen LogP contribution in [0.3, 0.4) is 0 Å². The Morgan fingerprint density at radius 1 is 1.53 bits per heavy atom. The zero-order valence-corrected chi connectivity index (χ0v) is 10.9. The molecule has 0 spiro atoms. The van der Waals surface area contributed by atoms with E-state index in [0.29, 0.717) is 17.4 Å². The van der Waals surface area contributed by atoms with Gasteiger partial charge < -0.3 is 10.2 Å². The van der Waals surface area contributed by atoms with Gasteiger partial charge in [0.05, 0.1) is 6.42 Å². The van der Waals surface area contributed by atoms with E-state index in [2.05, 4.69) is 12.2 Å². The van der Waals surface area contributed by atoms with Crippen LogP contribution in [0.25, 0.3) is 0 Å². The monoisotopic (exact) mass is 252 g/mol. The molecule has 2 rings (SSSR count). The van der Waals surface area contributed by atoms with Gasteiger partial charge in [0.15, 0.2) is 0 Å². The first-order chi connectivity index (χ1) is 8.11. The van der Waals surface area contributed by atoms with Crippen LogP contribution in [0.4, 0.5) is 5.69 Å². The van der Waals surface area contributed by atoms with E-state index in [1.807, 2.05) is 30.1 Å². The minimum atomic E-state index is 0.171. The Morgan fingerprint density at radius 3 is 3.00 bits per heavy atom. The van der Waals surface area contributed by atoms with Gasteiger partial charge in [0, 0.05) is 17.3 Å². The predicted octanol–water partition coefficient (Wildman–Crippen LogP) is 2.08. The van der Waals surface area contributed by atoms with Crippen molar-refractivity contribution < 1.29 is 4.79 Å². The molecule has 1 heterocycles. The summed E-state index contributed by atoms with van der Waals surface area (Å²) in [6.07, 6.45) is 0.499. The van der Waals surface area contributed by atoms with Gasteiger partial charge in [-0.05, 0) is 37.2 Å². The van der Waals surface area contributed by atoms with Crippen LogP contribution in [0, 0.1) is 5.92 Å². The molecule has 4 heteroatoms. The lowest BCUT2D eigenvalue weighted by atomic mass is 10.1. The maximum Gasteiger partial charge on any atom is 0.231 e. The Balaban J connectivity index is 2.19. The third kappa shape index (κ3) is 2.61. The number of hydrogen-bond acceptors (Lipinski definition) is 2. The number of nitrogens with zero attached hydrogens (tertiary/aromatic N) is 1. The Labute approximate surface area is 107 Å². The summed E-state index contributed by atoms with van der Waals surface area (Å²) in [7, 11) is 1.92. The molecular weight excluding hydrogens is 236 g/mol. The van der Waals surface area contributed by atoms with Gasteiger partial charge in [-0.25, -0.2) is 0 Å². The van der Waals surface area contributed by atoms with E-state index >= 15 is 0 Å². The number of nitrogens with one attached hydrogen (secondary N) is 1. The number of anilines is 1. The topological polar surface area (TPSA) is 32.3 Å². The summed E-state index contributed by atoms with van der Waals surface area (Å²) < 4.78 is 0. The summed E-state index contributed by atoms with van der Waals surface area (Å²) in [5.74, 6) is 0.596. The number of carbonyl (C=O) groups excluding carboxylic acids is 1. The van der Waals surface area contributed by atoms with Crippen molar-refractivity contribution in [2.75, 3.05) is 25.0 Å². The molecule has 1 aliphatic heterocycles. The van der Waals surface area contributed by atoms with Gasteiger partial charge in [-0.1, -0.05) is 24.6 Å². The first kappa shape index (κ1) is 12.4. The first-order valence-corrected chi connectivity index (χ1v) is 6.23. The van der Waals surface area contributed by atoms with Crippen LogP contribution in [-0.4, -0.2) is 26.0 Å². The van der Waals surface area contributed by atoms with Crippen LogP contribution in [0.1, 0.15) is 12.5 Å². The second-order valence-electron chi connectivity index (χ2n) is 4.62. The molecule has 1 N–H and O–H groups in total. The highest BCUT2D eigenvalue weighted by Crippen LogP contribution is 2.31. The predicted molar refractivity (Wildman–Crippen MR) is 70.6 cm³/mol.